The third kappa shape index (κ3) is 4.12. The van der Waals surface area contributed by atoms with Gasteiger partial charge in [0.15, 0.2) is 0 Å². The molecule has 0 saturated carbocycles. The van der Waals surface area contributed by atoms with Crippen LogP contribution < -0.4 is 5.32 Å². The van der Waals surface area contributed by atoms with Crippen molar-refractivity contribution in [3.05, 3.63) is 76.0 Å². The molecule has 0 spiro atoms. The van der Waals surface area contributed by atoms with Crippen molar-refractivity contribution in [2.75, 3.05) is 6.54 Å². The maximum absolute atomic E-state index is 10.1. The Hall–Kier alpha value is -2.08. The summed E-state index contributed by atoms with van der Waals surface area (Å²) in [6.45, 7) is 5.80. The van der Waals surface area contributed by atoms with Crippen molar-refractivity contribution in [1.82, 2.24) is 15.1 Å². The molecular formula is C19H22ClN3O2. The summed E-state index contributed by atoms with van der Waals surface area (Å²) in [5.41, 5.74) is 5.05. The fraction of sp³-hybridized carbons (Fsp3) is 0.316. The first kappa shape index (κ1) is 17.7. The number of nitrogens with zero attached hydrogens (tertiary/aromatic N) is 2. The van der Waals surface area contributed by atoms with E-state index >= 15 is 0 Å². The Labute approximate surface area is 152 Å². The second-order valence-corrected chi connectivity index (χ2v) is 6.51. The van der Waals surface area contributed by atoms with Gasteiger partial charge in [-0.15, -0.1) is 0 Å². The number of hydrogen-bond donors (Lipinski definition) is 2. The van der Waals surface area contributed by atoms with Crippen LogP contribution in [-0.2, 0) is 13.1 Å². The van der Waals surface area contributed by atoms with Crippen molar-refractivity contribution >= 4 is 11.6 Å². The molecular weight excluding hydrogens is 338 g/mol. The number of furan rings is 1. The molecule has 5 nitrogen and oxygen atoms in total. The van der Waals surface area contributed by atoms with Gasteiger partial charge >= 0.3 is 0 Å². The van der Waals surface area contributed by atoms with Crippen molar-refractivity contribution in [1.29, 1.82) is 0 Å². The van der Waals surface area contributed by atoms with Gasteiger partial charge in [0.25, 0.3) is 0 Å². The Morgan fingerprint density at radius 3 is 2.80 bits per heavy atom. The summed E-state index contributed by atoms with van der Waals surface area (Å²) in [7, 11) is 0. The molecule has 3 rings (SSSR count). The van der Waals surface area contributed by atoms with Crippen molar-refractivity contribution < 1.29 is 9.52 Å². The van der Waals surface area contributed by atoms with E-state index in [2.05, 4.69) is 17.3 Å². The molecule has 1 unspecified atom stereocenters. The molecule has 0 fully saturated rings. The van der Waals surface area contributed by atoms with Gasteiger partial charge in [0.2, 0.25) is 0 Å². The number of hydrogen-bond acceptors (Lipinski definition) is 4. The highest BCUT2D eigenvalue weighted by atomic mass is 35.5. The molecule has 0 bridgehead atoms. The Bertz CT molecular complexity index is 827. The fourth-order valence-electron chi connectivity index (χ4n) is 2.85. The summed E-state index contributed by atoms with van der Waals surface area (Å²) in [5.74, 6) is 0. The molecule has 2 N–H and O–H groups in total. The molecule has 0 amide bonds. The van der Waals surface area contributed by atoms with Gasteiger partial charge in [-0.2, -0.15) is 5.10 Å². The number of benzene rings is 1. The van der Waals surface area contributed by atoms with E-state index in [9.17, 15) is 5.11 Å². The number of aliphatic hydroxyl groups is 1. The molecule has 3 aromatic rings. The fourth-order valence-corrected chi connectivity index (χ4v) is 3.04. The highest BCUT2D eigenvalue weighted by Gasteiger charge is 2.14. The van der Waals surface area contributed by atoms with E-state index < -0.39 is 6.10 Å². The van der Waals surface area contributed by atoms with Crippen LogP contribution in [0.15, 0.2) is 47.3 Å². The van der Waals surface area contributed by atoms with Gasteiger partial charge < -0.3 is 14.8 Å². The molecule has 0 aliphatic rings. The zero-order chi connectivity index (χ0) is 17.8. The second-order valence-electron chi connectivity index (χ2n) is 6.10. The maximum Gasteiger partial charge on any atom is 0.0961 e. The molecule has 0 saturated heterocycles. The summed E-state index contributed by atoms with van der Waals surface area (Å²) < 4.78 is 6.97. The molecule has 2 heterocycles. The highest BCUT2D eigenvalue weighted by molar-refractivity contribution is 6.31. The van der Waals surface area contributed by atoms with Crippen molar-refractivity contribution in [2.24, 2.45) is 0 Å². The van der Waals surface area contributed by atoms with E-state index in [0.29, 0.717) is 19.6 Å². The standard InChI is InChI=1S/C19H22ClN3O2/c1-13-17(9-21-10-19(24)16-7-8-25-12-16)14(2)23(22-13)11-15-5-3-4-6-18(15)20/h3-8,12,19,21,24H,9-11H2,1-2H3. The molecule has 2 aromatic heterocycles. The lowest BCUT2D eigenvalue weighted by atomic mass is 10.1. The highest BCUT2D eigenvalue weighted by Crippen LogP contribution is 2.19. The Morgan fingerprint density at radius 1 is 1.28 bits per heavy atom. The predicted molar refractivity (Wildman–Crippen MR) is 97.6 cm³/mol. The minimum atomic E-state index is -0.586. The lowest BCUT2D eigenvalue weighted by Crippen LogP contribution is -2.21. The number of halogens is 1. The molecule has 0 aliphatic carbocycles. The van der Waals surface area contributed by atoms with E-state index in [-0.39, 0.29) is 0 Å². The Balaban J connectivity index is 1.64. The summed E-state index contributed by atoms with van der Waals surface area (Å²) in [6.07, 6.45) is 2.54. The summed E-state index contributed by atoms with van der Waals surface area (Å²) in [4.78, 5) is 0. The second kappa shape index (κ2) is 7.87. The number of aromatic nitrogens is 2. The van der Waals surface area contributed by atoms with E-state index in [0.717, 1.165) is 33.1 Å². The van der Waals surface area contributed by atoms with Crippen LogP contribution in [0.1, 0.15) is 34.2 Å². The van der Waals surface area contributed by atoms with Crippen LogP contribution >= 0.6 is 11.6 Å². The van der Waals surface area contributed by atoms with E-state index in [1.54, 1.807) is 18.6 Å². The van der Waals surface area contributed by atoms with Crippen LogP contribution in [0.3, 0.4) is 0 Å². The zero-order valence-electron chi connectivity index (χ0n) is 14.4. The third-order valence-electron chi connectivity index (χ3n) is 4.38. The smallest absolute Gasteiger partial charge is 0.0961 e. The lowest BCUT2D eigenvalue weighted by molar-refractivity contribution is 0.173. The first-order valence-corrected chi connectivity index (χ1v) is 8.61. The molecule has 1 atom stereocenters. The first-order valence-electron chi connectivity index (χ1n) is 8.23. The minimum Gasteiger partial charge on any atom is -0.472 e. The van der Waals surface area contributed by atoms with Gasteiger partial charge in [0, 0.05) is 34.9 Å². The van der Waals surface area contributed by atoms with Crippen molar-refractivity contribution in [3.8, 4) is 0 Å². The van der Waals surface area contributed by atoms with Crippen LogP contribution in [0.2, 0.25) is 5.02 Å². The zero-order valence-corrected chi connectivity index (χ0v) is 15.1. The van der Waals surface area contributed by atoms with Gasteiger partial charge in [-0.3, -0.25) is 4.68 Å². The average Bonchev–Trinajstić information content (AvgIpc) is 3.21. The maximum atomic E-state index is 10.1. The quantitative estimate of drug-likeness (QED) is 0.676. The van der Waals surface area contributed by atoms with Crippen LogP contribution in [0.4, 0.5) is 0 Å². The SMILES string of the molecule is Cc1nn(Cc2ccccc2Cl)c(C)c1CNCC(O)c1ccoc1. The summed E-state index contributed by atoms with van der Waals surface area (Å²) in [6, 6.07) is 9.57. The Kier molecular flexibility index (Phi) is 5.58. The van der Waals surface area contributed by atoms with Gasteiger partial charge in [-0.25, -0.2) is 0 Å². The van der Waals surface area contributed by atoms with Crippen LogP contribution in [0.5, 0.6) is 0 Å². The monoisotopic (exact) mass is 359 g/mol. The number of rotatable bonds is 7. The minimum absolute atomic E-state index is 0.452. The van der Waals surface area contributed by atoms with Crippen molar-refractivity contribution in [2.45, 2.75) is 33.0 Å². The van der Waals surface area contributed by atoms with Crippen LogP contribution in [0.25, 0.3) is 0 Å². The molecule has 0 radical (unpaired) electrons. The van der Waals surface area contributed by atoms with Crippen LogP contribution in [-0.4, -0.2) is 21.4 Å². The van der Waals surface area contributed by atoms with Crippen molar-refractivity contribution in [3.63, 3.8) is 0 Å². The van der Waals surface area contributed by atoms with Crippen LogP contribution in [0, 0.1) is 13.8 Å². The molecule has 132 valence electrons. The number of aryl methyl sites for hydroxylation is 1. The van der Waals surface area contributed by atoms with Gasteiger partial charge in [0.05, 0.1) is 30.9 Å². The predicted octanol–water partition coefficient (Wildman–Crippen LogP) is 3.62. The Morgan fingerprint density at radius 2 is 2.08 bits per heavy atom. The normalized spacial score (nSPS) is 12.5. The molecule has 25 heavy (non-hydrogen) atoms. The summed E-state index contributed by atoms with van der Waals surface area (Å²) >= 11 is 6.25. The molecule has 1 aromatic carbocycles. The van der Waals surface area contributed by atoms with E-state index in [1.165, 1.54) is 0 Å². The van der Waals surface area contributed by atoms with Gasteiger partial charge in [-0.05, 0) is 31.5 Å². The topological polar surface area (TPSA) is 63.2 Å². The molecule has 0 aliphatic heterocycles. The summed E-state index contributed by atoms with van der Waals surface area (Å²) in [5, 5.41) is 18.8. The van der Waals surface area contributed by atoms with E-state index in [1.807, 2.05) is 35.9 Å². The number of nitrogens with one attached hydrogen (secondary N) is 1. The largest absolute Gasteiger partial charge is 0.472 e. The average molecular weight is 360 g/mol. The third-order valence-corrected chi connectivity index (χ3v) is 4.75. The number of aliphatic hydroxyl groups excluding tert-OH is 1. The molecule has 6 heteroatoms. The van der Waals surface area contributed by atoms with Gasteiger partial charge in [-0.1, -0.05) is 29.8 Å². The van der Waals surface area contributed by atoms with Gasteiger partial charge in [0.1, 0.15) is 0 Å². The lowest BCUT2D eigenvalue weighted by Gasteiger charge is -2.11. The first-order chi connectivity index (χ1) is 12.1. The van der Waals surface area contributed by atoms with E-state index in [4.69, 9.17) is 16.0 Å².